The number of hydrogen-bond acceptors (Lipinski definition) is 5. The molecule has 0 unspecified atom stereocenters. The maximum atomic E-state index is 11.6. The molecule has 0 saturated carbocycles. The van der Waals surface area contributed by atoms with E-state index in [1.54, 1.807) is 24.3 Å². The third-order valence-electron chi connectivity index (χ3n) is 2.18. The van der Waals surface area contributed by atoms with Gasteiger partial charge in [0.15, 0.2) is 0 Å². The minimum Gasteiger partial charge on any atom is -0.497 e. The van der Waals surface area contributed by atoms with Crippen molar-refractivity contribution < 1.29 is 14.3 Å². The molecule has 2 rings (SSSR count). The number of aromatic nitrogens is 3. The predicted octanol–water partition coefficient (Wildman–Crippen LogP) is -0.00450. The van der Waals surface area contributed by atoms with E-state index in [-0.39, 0.29) is 0 Å². The van der Waals surface area contributed by atoms with Crippen LogP contribution in [0.1, 0.15) is 0 Å². The lowest BCUT2D eigenvalue weighted by atomic mass is 10.3. The number of nitrogens with zero attached hydrogens (tertiary/aromatic N) is 3. The Hall–Kier alpha value is -2.90. The second-order valence-corrected chi connectivity index (χ2v) is 3.50. The number of benzene rings is 1. The predicted molar refractivity (Wildman–Crippen MR) is 66.0 cm³/mol. The van der Waals surface area contributed by atoms with E-state index >= 15 is 0 Å². The Bertz CT molecular complexity index is 582. The van der Waals surface area contributed by atoms with Crippen LogP contribution in [0.3, 0.4) is 0 Å². The molecule has 8 heteroatoms. The summed E-state index contributed by atoms with van der Waals surface area (Å²) in [5.41, 5.74) is 2.74. The number of carbonyl (C=O) groups is 2. The van der Waals surface area contributed by atoms with Gasteiger partial charge in [0, 0.05) is 11.8 Å². The number of methoxy groups -OCH3 is 1. The van der Waals surface area contributed by atoms with Crippen LogP contribution in [0.4, 0.5) is 5.69 Å². The highest BCUT2D eigenvalue weighted by molar-refractivity contribution is 6.42. The fraction of sp³-hybridized carbons (Fsp3) is 0.0909. The summed E-state index contributed by atoms with van der Waals surface area (Å²) in [5, 5.41) is 9.43. The summed E-state index contributed by atoms with van der Waals surface area (Å²) in [5.74, 6) is -1.05. The van der Waals surface area contributed by atoms with Crippen molar-refractivity contribution in [1.29, 1.82) is 0 Å². The molecule has 8 nitrogen and oxygen atoms in total. The molecule has 2 amide bonds. The van der Waals surface area contributed by atoms with Crippen molar-refractivity contribution in [3.05, 3.63) is 36.9 Å². The van der Waals surface area contributed by atoms with Crippen LogP contribution < -0.4 is 15.5 Å². The Morgan fingerprint density at radius 1 is 1.21 bits per heavy atom. The molecule has 0 atom stereocenters. The van der Waals surface area contributed by atoms with Gasteiger partial charge < -0.3 is 10.1 Å². The Labute approximate surface area is 108 Å². The van der Waals surface area contributed by atoms with E-state index in [2.05, 4.69) is 20.9 Å². The van der Waals surface area contributed by atoms with Crippen LogP contribution in [0.5, 0.6) is 5.75 Å². The lowest BCUT2D eigenvalue weighted by molar-refractivity contribution is -0.133. The van der Waals surface area contributed by atoms with Crippen molar-refractivity contribution in [2.75, 3.05) is 17.9 Å². The van der Waals surface area contributed by atoms with E-state index in [1.807, 2.05) is 0 Å². The maximum absolute atomic E-state index is 11.6. The number of carbonyl (C=O) groups excluding carboxylic acids is 2. The molecular weight excluding hydrogens is 250 g/mol. The summed E-state index contributed by atoms with van der Waals surface area (Å²) in [6.45, 7) is 0. The normalized spacial score (nSPS) is 9.74. The second-order valence-electron chi connectivity index (χ2n) is 3.50. The lowest BCUT2D eigenvalue weighted by Gasteiger charge is -2.07. The number of amides is 2. The smallest absolute Gasteiger partial charge is 0.328 e. The quantitative estimate of drug-likeness (QED) is 0.757. The van der Waals surface area contributed by atoms with E-state index < -0.39 is 11.8 Å². The molecule has 0 aliphatic heterocycles. The second kappa shape index (κ2) is 5.63. The third kappa shape index (κ3) is 3.28. The molecule has 19 heavy (non-hydrogen) atoms. The first-order chi connectivity index (χ1) is 9.19. The van der Waals surface area contributed by atoms with Gasteiger partial charge in [-0.3, -0.25) is 15.0 Å². The van der Waals surface area contributed by atoms with Crippen LogP contribution >= 0.6 is 0 Å². The van der Waals surface area contributed by atoms with Gasteiger partial charge in [-0.05, 0) is 12.1 Å². The SMILES string of the molecule is COc1cccc(NC(=O)C(=O)Nn2cnnc2)c1. The van der Waals surface area contributed by atoms with Crippen molar-refractivity contribution >= 4 is 17.5 Å². The first-order valence-electron chi connectivity index (χ1n) is 5.30. The molecule has 1 aromatic carbocycles. The minimum absolute atomic E-state index is 0.461. The summed E-state index contributed by atoms with van der Waals surface area (Å²) in [7, 11) is 1.51. The first kappa shape index (κ1) is 12.6. The molecule has 2 N–H and O–H groups in total. The van der Waals surface area contributed by atoms with Gasteiger partial charge in [0.1, 0.15) is 18.4 Å². The van der Waals surface area contributed by atoms with Gasteiger partial charge in [-0.15, -0.1) is 10.2 Å². The van der Waals surface area contributed by atoms with Gasteiger partial charge in [0.25, 0.3) is 0 Å². The van der Waals surface area contributed by atoms with Gasteiger partial charge in [0.05, 0.1) is 7.11 Å². The van der Waals surface area contributed by atoms with Gasteiger partial charge in [-0.25, -0.2) is 4.68 Å². The molecule has 2 aromatic rings. The highest BCUT2D eigenvalue weighted by Gasteiger charge is 2.14. The zero-order valence-electron chi connectivity index (χ0n) is 10.0. The van der Waals surface area contributed by atoms with Crippen LogP contribution in [-0.4, -0.2) is 33.8 Å². The molecular formula is C11H11N5O3. The molecule has 0 aliphatic carbocycles. The van der Waals surface area contributed by atoms with E-state index in [9.17, 15) is 9.59 Å². The number of rotatable bonds is 3. The van der Waals surface area contributed by atoms with Crippen LogP contribution in [0.2, 0.25) is 0 Å². The van der Waals surface area contributed by atoms with Crippen molar-refractivity contribution in [3.63, 3.8) is 0 Å². The van der Waals surface area contributed by atoms with Gasteiger partial charge in [-0.1, -0.05) is 6.07 Å². The Balaban J connectivity index is 1.98. The monoisotopic (exact) mass is 261 g/mol. The van der Waals surface area contributed by atoms with Crippen LogP contribution in [0.25, 0.3) is 0 Å². The van der Waals surface area contributed by atoms with E-state index in [0.717, 1.165) is 0 Å². The van der Waals surface area contributed by atoms with E-state index in [1.165, 1.54) is 24.4 Å². The largest absolute Gasteiger partial charge is 0.497 e. The highest BCUT2D eigenvalue weighted by Crippen LogP contribution is 2.16. The van der Waals surface area contributed by atoms with E-state index in [0.29, 0.717) is 11.4 Å². The van der Waals surface area contributed by atoms with Crippen LogP contribution in [-0.2, 0) is 9.59 Å². The van der Waals surface area contributed by atoms with Gasteiger partial charge >= 0.3 is 11.8 Å². The average molecular weight is 261 g/mol. The molecule has 0 spiro atoms. The fourth-order valence-corrected chi connectivity index (χ4v) is 1.32. The third-order valence-corrected chi connectivity index (χ3v) is 2.18. The fourth-order valence-electron chi connectivity index (χ4n) is 1.32. The number of hydrogen-bond donors (Lipinski definition) is 2. The van der Waals surface area contributed by atoms with Crippen molar-refractivity contribution in [2.24, 2.45) is 0 Å². The average Bonchev–Trinajstić information content (AvgIpc) is 2.91. The number of anilines is 1. The van der Waals surface area contributed by atoms with Crippen LogP contribution in [0, 0.1) is 0 Å². The molecule has 0 saturated heterocycles. The van der Waals surface area contributed by atoms with Gasteiger partial charge in [-0.2, -0.15) is 0 Å². The topological polar surface area (TPSA) is 98.1 Å². The maximum Gasteiger partial charge on any atom is 0.328 e. The highest BCUT2D eigenvalue weighted by atomic mass is 16.5. The summed E-state index contributed by atoms with van der Waals surface area (Å²) >= 11 is 0. The molecule has 98 valence electrons. The summed E-state index contributed by atoms with van der Waals surface area (Å²) in [4.78, 5) is 23.2. The standard InChI is InChI=1S/C11H11N5O3/c1-19-9-4-2-3-8(5-9)14-10(17)11(18)15-16-6-12-13-7-16/h2-7H,1H3,(H,14,17)(H,15,18). The molecule has 1 aromatic heterocycles. The lowest BCUT2D eigenvalue weighted by Crippen LogP contribution is -2.33. The minimum atomic E-state index is -0.831. The van der Waals surface area contributed by atoms with Crippen molar-refractivity contribution in [3.8, 4) is 5.75 Å². The molecule has 0 bridgehead atoms. The Morgan fingerprint density at radius 3 is 2.63 bits per heavy atom. The van der Waals surface area contributed by atoms with E-state index in [4.69, 9.17) is 4.74 Å². The molecule has 1 heterocycles. The Morgan fingerprint density at radius 2 is 1.95 bits per heavy atom. The summed E-state index contributed by atoms with van der Waals surface area (Å²) < 4.78 is 6.18. The van der Waals surface area contributed by atoms with Crippen molar-refractivity contribution in [2.45, 2.75) is 0 Å². The van der Waals surface area contributed by atoms with Gasteiger partial charge in [0.2, 0.25) is 0 Å². The zero-order chi connectivity index (χ0) is 13.7. The number of nitrogens with one attached hydrogen (secondary N) is 2. The summed E-state index contributed by atoms with van der Waals surface area (Å²) in [6, 6.07) is 6.68. The zero-order valence-corrected chi connectivity index (χ0v) is 10.0. The van der Waals surface area contributed by atoms with Crippen molar-refractivity contribution in [1.82, 2.24) is 14.9 Å². The molecule has 0 radical (unpaired) electrons. The number of ether oxygens (including phenoxy) is 1. The summed E-state index contributed by atoms with van der Waals surface area (Å²) in [6.07, 6.45) is 2.52. The van der Waals surface area contributed by atoms with Crippen LogP contribution in [0.15, 0.2) is 36.9 Å². The molecule has 0 fully saturated rings. The first-order valence-corrected chi connectivity index (χ1v) is 5.30. The Kier molecular flexibility index (Phi) is 3.72. The molecule has 0 aliphatic rings.